The highest BCUT2D eigenvalue weighted by molar-refractivity contribution is 5.96. The summed E-state index contributed by atoms with van der Waals surface area (Å²) in [5, 5.41) is 11.0. The highest BCUT2D eigenvalue weighted by Crippen LogP contribution is 2.32. The Morgan fingerprint density at radius 2 is 1.72 bits per heavy atom. The average Bonchev–Trinajstić information content (AvgIpc) is 2.86. The minimum atomic E-state index is 0.259. The number of aromatic nitrogens is 1. The summed E-state index contributed by atoms with van der Waals surface area (Å²) in [6.45, 7) is 4.11. The van der Waals surface area contributed by atoms with Gasteiger partial charge in [0.25, 0.3) is 0 Å². The van der Waals surface area contributed by atoms with Crippen molar-refractivity contribution in [1.82, 2.24) is 4.98 Å². The van der Waals surface area contributed by atoms with Crippen LogP contribution in [0.15, 0.2) is 61.3 Å². The van der Waals surface area contributed by atoms with Crippen molar-refractivity contribution in [2.24, 2.45) is 0 Å². The number of rotatable bonds is 2. The molecule has 0 bridgehead atoms. The second-order valence-electron chi connectivity index (χ2n) is 4.24. The number of nitrogens with one attached hydrogen (secondary N) is 1. The molecule has 0 fully saturated rings. The molecule has 3 rings (SSSR count). The van der Waals surface area contributed by atoms with Gasteiger partial charge < -0.3 is 10.1 Å². The summed E-state index contributed by atoms with van der Waals surface area (Å²) >= 11 is 0. The number of hydrogen-bond acceptors (Lipinski definition) is 1. The largest absolute Gasteiger partial charge is 0.507 e. The molecule has 0 saturated carbocycles. The van der Waals surface area contributed by atoms with Crippen LogP contribution in [-0.4, -0.2) is 10.1 Å². The fourth-order valence-corrected chi connectivity index (χ4v) is 2.22. The van der Waals surface area contributed by atoms with Gasteiger partial charge in [0.2, 0.25) is 0 Å². The van der Waals surface area contributed by atoms with Gasteiger partial charge in [0.1, 0.15) is 5.75 Å². The summed E-state index contributed by atoms with van der Waals surface area (Å²) in [6.07, 6.45) is 1.91. The molecule has 0 saturated heterocycles. The Hall–Kier alpha value is -2.48. The SMILES string of the molecule is C=C(c1ccccc1O)c1cccc2[nH]ccc12. The summed E-state index contributed by atoms with van der Waals surface area (Å²) in [5.74, 6) is 0.259. The standard InChI is InChI=1S/C16H13NO/c1-11(13-5-2-3-8-16(13)18)12-6-4-7-15-14(12)9-10-17-15/h2-10,17-18H,1H2. The van der Waals surface area contributed by atoms with E-state index in [0.29, 0.717) is 0 Å². The van der Waals surface area contributed by atoms with E-state index < -0.39 is 0 Å². The molecule has 0 radical (unpaired) electrons. The van der Waals surface area contributed by atoms with E-state index in [-0.39, 0.29) is 5.75 Å². The smallest absolute Gasteiger partial charge is 0.123 e. The van der Waals surface area contributed by atoms with Crippen LogP contribution in [0.5, 0.6) is 5.75 Å². The molecular formula is C16H13NO. The third-order valence-corrected chi connectivity index (χ3v) is 3.15. The summed E-state index contributed by atoms with van der Waals surface area (Å²) < 4.78 is 0. The third-order valence-electron chi connectivity index (χ3n) is 3.15. The molecule has 0 aliphatic heterocycles. The predicted molar refractivity (Wildman–Crippen MR) is 74.5 cm³/mol. The lowest BCUT2D eigenvalue weighted by Crippen LogP contribution is -1.87. The number of benzene rings is 2. The zero-order chi connectivity index (χ0) is 12.5. The Kier molecular flexibility index (Phi) is 2.41. The molecule has 2 N–H and O–H groups in total. The highest BCUT2D eigenvalue weighted by atomic mass is 16.3. The van der Waals surface area contributed by atoms with Crippen LogP contribution >= 0.6 is 0 Å². The second-order valence-corrected chi connectivity index (χ2v) is 4.24. The molecule has 2 nitrogen and oxygen atoms in total. The van der Waals surface area contributed by atoms with E-state index in [0.717, 1.165) is 27.6 Å². The first-order valence-corrected chi connectivity index (χ1v) is 5.81. The van der Waals surface area contributed by atoms with Gasteiger partial charge in [-0.3, -0.25) is 0 Å². The third kappa shape index (κ3) is 1.59. The fraction of sp³-hybridized carbons (Fsp3) is 0. The number of phenols is 1. The molecule has 0 aliphatic rings. The molecule has 0 atom stereocenters. The summed E-state index contributed by atoms with van der Waals surface area (Å²) in [7, 11) is 0. The van der Waals surface area contributed by atoms with Crippen LogP contribution in [0.3, 0.4) is 0 Å². The first-order valence-electron chi connectivity index (χ1n) is 5.81. The average molecular weight is 235 g/mol. The van der Waals surface area contributed by atoms with Crippen molar-refractivity contribution >= 4 is 16.5 Å². The van der Waals surface area contributed by atoms with Gasteiger partial charge in [0.15, 0.2) is 0 Å². The predicted octanol–water partition coefficient (Wildman–Crippen LogP) is 3.94. The molecular weight excluding hydrogens is 222 g/mol. The maximum atomic E-state index is 9.90. The van der Waals surface area contributed by atoms with Crippen molar-refractivity contribution < 1.29 is 5.11 Å². The second kappa shape index (κ2) is 4.08. The Balaban J connectivity index is 2.18. The number of H-pyrrole nitrogens is 1. The zero-order valence-corrected chi connectivity index (χ0v) is 9.85. The first kappa shape index (κ1) is 10.7. The van der Waals surface area contributed by atoms with Crippen molar-refractivity contribution in [2.45, 2.75) is 0 Å². The van der Waals surface area contributed by atoms with Crippen LogP contribution in [0.1, 0.15) is 11.1 Å². The Morgan fingerprint density at radius 1 is 0.944 bits per heavy atom. The van der Waals surface area contributed by atoms with Gasteiger partial charge in [-0.05, 0) is 29.3 Å². The van der Waals surface area contributed by atoms with Gasteiger partial charge in [-0.1, -0.05) is 36.9 Å². The van der Waals surface area contributed by atoms with Crippen molar-refractivity contribution in [3.05, 3.63) is 72.4 Å². The maximum Gasteiger partial charge on any atom is 0.123 e. The Bertz CT molecular complexity index is 725. The molecule has 3 aromatic rings. The molecule has 1 heterocycles. The fourth-order valence-electron chi connectivity index (χ4n) is 2.22. The van der Waals surface area contributed by atoms with Gasteiger partial charge in [-0.2, -0.15) is 0 Å². The van der Waals surface area contributed by atoms with E-state index in [9.17, 15) is 5.11 Å². The van der Waals surface area contributed by atoms with E-state index in [2.05, 4.69) is 11.6 Å². The molecule has 0 spiro atoms. The van der Waals surface area contributed by atoms with Crippen molar-refractivity contribution in [3.63, 3.8) is 0 Å². The van der Waals surface area contributed by atoms with Crippen LogP contribution in [0.25, 0.3) is 16.5 Å². The van der Waals surface area contributed by atoms with Gasteiger partial charge in [0, 0.05) is 22.7 Å². The van der Waals surface area contributed by atoms with Crippen LogP contribution in [0.2, 0.25) is 0 Å². The van der Waals surface area contributed by atoms with Gasteiger partial charge >= 0.3 is 0 Å². The lowest BCUT2D eigenvalue weighted by Gasteiger charge is -2.09. The van der Waals surface area contributed by atoms with Crippen LogP contribution in [0, 0.1) is 0 Å². The van der Waals surface area contributed by atoms with Crippen LogP contribution in [-0.2, 0) is 0 Å². The summed E-state index contributed by atoms with van der Waals surface area (Å²) in [5.41, 5.74) is 3.71. The van der Waals surface area contributed by atoms with E-state index >= 15 is 0 Å². The van der Waals surface area contributed by atoms with E-state index in [1.165, 1.54) is 0 Å². The van der Waals surface area contributed by atoms with Gasteiger partial charge in [-0.25, -0.2) is 0 Å². The normalized spacial score (nSPS) is 10.7. The highest BCUT2D eigenvalue weighted by Gasteiger charge is 2.10. The molecule has 88 valence electrons. The topological polar surface area (TPSA) is 36.0 Å². The summed E-state index contributed by atoms with van der Waals surface area (Å²) in [4.78, 5) is 3.18. The van der Waals surface area contributed by atoms with Crippen LogP contribution in [0.4, 0.5) is 0 Å². The lowest BCUT2D eigenvalue weighted by molar-refractivity contribution is 0.473. The number of para-hydroxylation sites is 1. The van der Waals surface area contributed by atoms with Crippen LogP contribution < -0.4 is 0 Å². The first-order chi connectivity index (χ1) is 8.77. The quantitative estimate of drug-likeness (QED) is 0.693. The summed E-state index contributed by atoms with van der Waals surface area (Å²) in [6, 6.07) is 15.3. The van der Waals surface area contributed by atoms with Crippen molar-refractivity contribution in [3.8, 4) is 5.75 Å². The Labute approximate surface area is 105 Å². The molecule has 0 amide bonds. The van der Waals surface area contributed by atoms with Gasteiger partial charge in [0.05, 0.1) is 0 Å². The maximum absolute atomic E-state index is 9.90. The number of aromatic hydroxyl groups is 1. The van der Waals surface area contributed by atoms with E-state index in [4.69, 9.17) is 0 Å². The molecule has 0 unspecified atom stereocenters. The van der Waals surface area contributed by atoms with Crippen molar-refractivity contribution in [2.75, 3.05) is 0 Å². The zero-order valence-electron chi connectivity index (χ0n) is 9.85. The number of aromatic amines is 1. The lowest BCUT2D eigenvalue weighted by atomic mass is 9.96. The monoisotopic (exact) mass is 235 g/mol. The molecule has 2 aromatic carbocycles. The molecule has 18 heavy (non-hydrogen) atoms. The number of fused-ring (bicyclic) bond motifs is 1. The number of hydrogen-bond donors (Lipinski definition) is 2. The molecule has 0 aliphatic carbocycles. The minimum Gasteiger partial charge on any atom is -0.507 e. The van der Waals surface area contributed by atoms with Crippen molar-refractivity contribution in [1.29, 1.82) is 0 Å². The number of phenolic OH excluding ortho intramolecular Hbond substituents is 1. The molecule has 2 heteroatoms. The van der Waals surface area contributed by atoms with Gasteiger partial charge in [-0.15, -0.1) is 0 Å². The van der Waals surface area contributed by atoms with E-state index in [1.54, 1.807) is 6.07 Å². The minimum absolute atomic E-state index is 0.259. The molecule has 1 aromatic heterocycles. The van der Waals surface area contributed by atoms with E-state index in [1.807, 2.05) is 48.7 Å². The Morgan fingerprint density at radius 3 is 2.56 bits per heavy atom.